The van der Waals surface area contributed by atoms with Crippen molar-refractivity contribution in [1.29, 1.82) is 0 Å². The summed E-state index contributed by atoms with van der Waals surface area (Å²) in [6.07, 6.45) is -4.74. The normalized spacial score (nSPS) is 11.2. The summed E-state index contributed by atoms with van der Waals surface area (Å²) in [7, 11) is 1.36. The minimum atomic E-state index is -4.60. The van der Waals surface area contributed by atoms with Gasteiger partial charge in [-0.3, -0.25) is 9.59 Å². The van der Waals surface area contributed by atoms with Crippen molar-refractivity contribution in [3.8, 4) is 0 Å². The first-order valence-corrected chi connectivity index (χ1v) is 8.48. The minimum absolute atomic E-state index is 0.137. The molecule has 0 radical (unpaired) electrons. The SMILES string of the molecule is CN(CC(=O)Nc1ccccc1C(F)(F)F)C(=O)Cc1c(Cl)cccc1Cl. The minimum Gasteiger partial charge on any atom is -0.336 e. The number of likely N-dealkylation sites (N-methyl/N-ethyl adjacent to an activating group) is 1. The molecule has 0 aliphatic carbocycles. The molecule has 27 heavy (non-hydrogen) atoms. The van der Waals surface area contributed by atoms with E-state index in [-0.39, 0.29) is 12.1 Å². The molecule has 0 bridgehead atoms. The predicted molar refractivity (Wildman–Crippen MR) is 97.9 cm³/mol. The summed E-state index contributed by atoms with van der Waals surface area (Å²) < 4.78 is 38.9. The van der Waals surface area contributed by atoms with Crippen LogP contribution in [0.5, 0.6) is 0 Å². The summed E-state index contributed by atoms with van der Waals surface area (Å²) in [6.45, 7) is -0.424. The summed E-state index contributed by atoms with van der Waals surface area (Å²) in [5.41, 5.74) is -0.916. The Morgan fingerprint density at radius 1 is 1.04 bits per heavy atom. The van der Waals surface area contributed by atoms with Gasteiger partial charge in [0.1, 0.15) is 0 Å². The van der Waals surface area contributed by atoms with Gasteiger partial charge in [-0.05, 0) is 29.8 Å². The van der Waals surface area contributed by atoms with E-state index in [0.29, 0.717) is 15.6 Å². The van der Waals surface area contributed by atoms with E-state index in [2.05, 4.69) is 5.32 Å². The fraction of sp³-hybridized carbons (Fsp3) is 0.222. The number of amides is 2. The molecule has 4 nitrogen and oxygen atoms in total. The lowest BCUT2D eigenvalue weighted by Crippen LogP contribution is -2.36. The summed E-state index contributed by atoms with van der Waals surface area (Å²) in [5.74, 6) is -1.21. The zero-order chi connectivity index (χ0) is 20.2. The Kier molecular flexibility index (Phi) is 6.73. The van der Waals surface area contributed by atoms with E-state index in [1.165, 1.54) is 19.2 Å². The Balaban J connectivity index is 2.03. The average Bonchev–Trinajstić information content (AvgIpc) is 2.57. The van der Waals surface area contributed by atoms with Crippen LogP contribution in [0.1, 0.15) is 11.1 Å². The first-order valence-electron chi connectivity index (χ1n) is 7.72. The van der Waals surface area contributed by atoms with Crippen molar-refractivity contribution in [2.24, 2.45) is 0 Å². The molecule has 144 valence electrons. The highest BCUT2D eigenvalue weighted by Gasteiger charge is 2.33. The molecule has 9 heteroatoms. The molecule has 0 spiro atoms. The second-order valence-corrected chi connectivity index (χ2v) is 6.53. The summed E-state index contributed by atoms with van der Waals surface area (Å²) in [6, 6.07) is 9.40. The van der Waals surface area contributed by atoms with Gasteiger partial charge < -0.3 is 10.2 Å². The maximum atomic E-state index is 13.0. The first kappa shape index (κ1) is 21.1. The number of alkyl halides is 3. The molecule has 0 aromatic heterocycles. The van der Waals surface area contributed by atoms with Gasteiger partial charge in [-0.15, -0.1) is 0 Å². The van der Waals surface area contributed by atoms with Gasteiger partial charge >= 0.3 is 6.18 Å². The largest absolute Gasteiger partial charge is 0.418 e. The van der Waals surface area contributed by atoms with Crippen molar-refractivity contribution < 1.29 is 22.8 Å². The lowest BCUT2D eigenvalue weighted by Gasteiger charge is -2.19. The van der Waals surface area contributed by atoms with Gasteiger partial charge in [0.25, 0.3) is 0 Å². The molecular weight excluding hydrogens is 404 g/mol. The van der Waals surface area contributed by atoms with E-state index >= 15 is 0 Å². The zero-order valence-corrected chi connectivity index (χ0v) is 15.6. The fourth-order valence-corrected chi connectivity index (χ4v) is 2.85. The van der Waals surface area contributed by atoms with E-state index < -0.39 is 30.1 Å². The molecule has 0 unspecified atom stereocenters. The van der Waals surface area contributed by atoms with Gasteiger partial charge in [-0.1, -0.05) is 41.4 Å². The molecule has 2 aromatic rings. The van der Waals surface area contributed by atoms with Crippen molar-refractivity contribution in [3.63, 3.8) is 0 Å². The van der Waals surface area contributed by atoms with Gasteiger partial charge in [0.05, 0.1) is 24.2 Å². The molecule has 2 amide bonds. The molecule has 0 heterocycles. The highest BCUT2D eigenvalue weighted by Crippen LogP contribution is 2.34. The van der Waals surface area contributed by atoms with Crippen molar-refractivity contribution in [1.82, 2.24) is 4.90 Å². The number of carbonyl (C=O) groups excluding carboxylic acids is 2. The number of hydrogen-bond acceptors (Lipinski definition) is 2. The highest BCUT2D eigenvalue weighted by molar-refractivity contribution is 6.36. The molecule has 2 rings (SSSR count). The monoisotopic (exact) mass is 418 g/mol. The van der Waals surface area contributed by atoms with Gasteiger partial charge in [0.2, 0.25) is 11.8 Å². The van der Waals surface area contributed by atoms with E-state index in [9.17, 15) is 22.8 Å². The van der Waals surface area contributed by atoms with Gasteiger partial charge in [0.15, 0.2) is 0 Å². The average molecular weight is 419 g/mol. The first-order chi connectivity index (χ1) is 12.6. The van der Waals surface area contributed by atoms with Crippen LogP contribution in [0.3, 0.4) is 0 Å². The summed E-state index contributed by atoms with van der Waals surface area (Å²) in [5, 5.41) is 2.81. The molecule has 0 aliphatic rings. The van der Waals surface area contributed by atoms with Crippen LogP contribution in [0.2, 0.25) is 10.0 Å². The number of nitrogens with one attached hydrogen (secondary N) is 1. The summed E-state index contributed by atoms with van der Waals surface area (Å²) in [4.78, 5) is 25.4. The van der Waals surface area contributed by atoms with Crippen molar-refractivity contribution in [2.75, 3.05) is 18.9 Å². The molecule has 0 atom stereocenters. The predicted octanol–water partition coefficient (Wildman–Crippen LogP) is 4.65. The standard InChI is InChI=1S/C18H15Cl2F3N2O2/c1-25(17(27)9-11-13(19)6-4-7-14(11)20)10-16(26)24-15-8-3-2-5-12(15)18(21,22)23/h2-8H,9-10H2,1H3,(H,24,26). The third-order valence-electron chi connectivity index (χ3n) is 3.70. The van der Waals surface area contributed by atoms with Crippen molar-refractivity contribution in [2.45, 2.75) is 12.6 Å². The highest BCUT2D eigenvalue weighted by atomic mass is 35.5. The van der Waals surface area contributed by atoms with E-state index in [1.807, 2.05) is 0 Å². The Hall–Kier alpha value is -2.25. The molecule has 0 fully saturated rings. The smallest absolute Gasteiger partial charge is 0.336 e. The van der Waals surface area contributed by atoms with Crippen LogP contribution in [0.15, 0.2) is 42.5 Å². The molecule has 0 aliphatic heterocycles. The van der Waals surface area contributed by atoms with E-state index in [0.717, 1.165) is 17.0 Å². The third kappa shape index (κ3) is 5.61. The van der Waals surface area contributed by atoms with Crippen LogP contribution >= 0.6 is 23.2 Å². The van der Waals surface area contributed by atoms with Crippen molar-refractivity contribution >= 4 is 40.7 Å². The fourth-order valence-electron chi connectivity index (χ4n) is 2.32. The number of carbonyl (C=O) groups is 2. The summed E-state index contributed by atoms with van der Waals surface area (Å²) >= 11 is 12.0. The number of anilines is 1. The maximum Gasteiger partial charge on any atom is 0.418 e. The number of halogens is 5. The van der Waals surface area contributed by atoms with E-state index in [4.69, 9.17) is 23.2 Å². The number of para-hydroxylation sites is 1. The third-order valence-corrected chi connectivity index (χ3v) is 4.41. The molecule has 1 N–H and O–H groups in total. The quantitative estimate of drug-likeness (QED) is 0.767. The second kappa shape index (κ2) is 8.63. The van der Waals surface area contributed by atoms with Gasteiger partial charge in [-0.2, -0.15) is 13.2 Å². The molecular formula is C18H15Cl2F3N2O2. The Morgan fingerprint density at radius 3 is 2.22 bits per heavy atom. The molecule has 2 aromatic carbocycles. The van der Waals surface area contributed by atoms with Crippen LogP contribution in [-0.2, 0) is 22.2 Å². The number of hydrogen-bond donors (Lipinski definition) is 1. The van der Waals surface area contributed by atoms with Crippen LogP contribution in [0, 0.1) is 0 Å². The van der Waals surface area contributed by atoms with Crippen LogP contribution < -0.4 is 5.32 Å². The van der Waals surface area contributed by atoms with Gasteiger partial charge in [-0.25, -0.2) is 0 Å². The van der Waals surface area contributed by atoms with Gasteiger partial charge in [0, 0.05) is 17.1 Å². The second-order valence-electron chi connectivity index (χ2n) is 5.72. The number of rotatable bonds is 5. The lowest BCUT2D eigenvalue weighted by molar-refractivity contribution is -0.137. The lowest BCUT2D eigenvalue weighted by atomic mass is 10.1. The van der Waals surface area contributed by atoms with E-state index in [1.54, 1.807) is 18.2 Å². The molecule has 0 saturated carbocycles. The van der Waals surface area contributed by atoms with Crippen molar-refractivity contribution in [3.05, 3.63) is 63.6 Å². The van der Waals surface area contributed by atoms with Crippen LogP contribution in [-0.4, -0.2) is 30.3 Å². The number of nitrogens with zero attached hydrogens (tertiary/aromatic N) is 1. The topological polar surface area (TPSA) is 49.4 Å². The van der Waals surface area contributed by atoms with Crippen LogP contribution in [0.25, 0.3) is 0 Å². The number of benzene rings is 2. The zero-order valence-electron chi connectivity index (χ0n) is 14.1. The van der Waals surface area contributed by atoms with Crippen LogP contribution in [0.4, 0.5) is 18.9 Å². The molecule has 0 saturated heterocycles. The Bertz CT molecular complexity index is 836. The maximum absolute atomic E-state index is 13.0. The Morgan fingerprint density at radius 2 is 1.63 bits per heavy atom. The Labute approximate surface area is 163 Å².